The van der Waals surface area contributed by atoms with Crippen molar-refractivity contribution in [1.29, 1.82) is 0 Å². The molecule has 1 saturated heterocycles. The summed E-state index contributed by atoms with van der Waals surface area (Å²) < 4.78 is 0. The fourth-order valence-corrected chi connectivity index (χ4v) is 10.0. The van der Waals surface area contributed by atoms with E-state index in [1.54, 1.807) is 0 Å². The average molecular weight is 550 g/mol. The van der Waals surface area contributed by atoms with Gasteiger partial charge in [-0.15, -0.1) is 0 Å². The molecule has 4 aromatic rings. The Bertz CT molecular complexity index is 1550. The Morgan fingerprint density at radius 3 is 2.02 bits per heavy atom. The van der Waals surface area contributed by atoms with Gasteiger partial charge in [0.05, 0.1) is 11.1 Å². The molecule has 5 rings (SSSR count). The summed E-state index contributed by atoms with van der Waals surface area (Å²) in [5.74, 6) is 0.420. The summed E-state index contributed by atoms with van der Waals surface area (Å²) in [5.41, 5.74) is 4.57. The van der Waals surface area contributed by atoms with Gasteiger partial charge in [0.15, 0.2) is 0 Å². The van der Waals surface area contributed by atoms with E-state index in [1.165, 1.54) is 21.8 Å². The zero-order valence-electron chi connectivity index (χ0n) is 25.4. The molecule has 3 heteroatoms. The molecule has 1 heterocycles. The van der Waals surface area contributed by atoms with E-state index in [1.807, 2.05) is 6.07 Å². The highest BCUT2D eigenvalue weighted by Crippen LogP contribution is 2.68. The number of aliphatic imine (C=N–C) groups is 1. The van der Waals surface area contributed by atoms with Crippen LogP contribution in [-0.4, -0.2) is 21.9 Å². The molecule has 0 saturated carbocycles. The van der Waals surface area contributed by atoms with Crippen molar-refractivity contribution in [1.82, 2.24) is 0 Å². The summed E-state index contributed by atoms with van der Waals surface area (Å²) in [7, 11) is -0.547. The second-order valence-corrected chi connectivity index (χ2v) is 17.0. The fraction of sp³-hybridized carbons (Fsp3) is 0.378. The number of aromatic hydroxyl groups is 1. The van der Waals surface area contributed by atoms with Crippen molar-refractivity contribution in [2.24, 2.45) is 10.4 Å². The first-order chi connectivity index (χ1) is 18.8. The molecule has 1 fully saturated rings. The van der Waals surface area contributed by atoms with Gasteiger partial charge in [-0.2, -0.15) is 0 Å². The first-order valence-corrected chi connectivity index (χ1v) is 16.0. The third kappa shape index (κ3) is 4.79. The van der Waals surface area contributed by atoms with Gasteiger partial charge in [0, 0.05) is 22.0 Å². The Labute approximate surface area is 242 Å². The number of fused-ring (bicyclic) bond motifs is 1. The molecule has 2 unspecified atom stereocenters. The van der Waals surface area contributed by atoms with E-state index in [0.29, 0.717) is 5.75 Å². The summed E-state index contributed by atoms with van der Waals surface area (Å²) in [6, 6.07) is 32.0. The number of rotatable bonds is 4. The van der Waals surface area contributed by atoms with E-state index < -0.39 is 7.92 Å². The molecule has 0 radical (unpaired) electrons. The highest BCUT2D eigenvalue weighted by atomic mass is 31.1. The quantitative estimate of drug-likeness (QED) is 0.252. The summed E-state index contributed by atoms with van der Waals surface area (Å²) in [6.45, 7) is 18.5. The molecular weight excluding hydrogens is 505 g/mol. The Hall–Kier alpha value is -2.96. The molecule has 1 N–H and O–H groups in total. The smallest absolute Gasteiger partial charge is 0.123 e. The average Bonchev–Trinajstić information content (AvgIpc) is 3.30. The number of benzene rings is 4. The zero-order valence-corrected chi connectivity index (χ0v) is 26.3. The molecule has 1 aliphatic rings. The predicted molar refractivity (Wildman–Crippen MR) is 175 cm³/mol. The molecule has 0 spiro atoms. The van der Waals surface area contributed by atoms with Crippen molar-refractivity contribution in [3.8, 4) is 5.75 Å². The van der Waals surface area contributed by atoms with Crippen LogP contribution in [0.4, 0.5) is 5.69 Å². The summed E-state index contributed by atoms with van der Waals surface area (Å²) in [6.07, 6.45) is 2.09. The standard InChI is InChI=1S/C37H44NOP/c1-34(2,3)37(31-20-14-19-30(32(31)39)36(7,8)28-17-10-9-11-18-28)23-24-40(35(4,5)6)33(37)38-29-22-21-26-15-12-13-16-27(26)25-29/h9-22,25,39H,23-24H2,1-8H3. The van der Waals surface area contributed by atoms with Crippen LogP contribution in [0, 0.1) is 5.41 Å². The molecule has 4 aromatic carbocycles. The van der Waals surface area contributed by atoms with E-state index in [4.69, 9.17) is 4.99 Å². The zero-order chi connectivity index (χ0) is 28.9. The van der Waals surface area contributed by atoms with Crippen LogP contribution in [0.25, 0.3) is 10.8 Å². The van der Waals surface area contributed by atoms with Gasteiger partial charge >= 0.3 is 0 Å². The minimum absolute atomic E-state index is 0.106. The molecule has 1 aliphatic heterocycles. The second-order valence-electron chi connectivity index (χ2n) is 13.9. The molecule has 2 nitrogen and oxygen atoms in total. The minimum atomic E-state index is -0.547. The van der Waals surface area contributed by atoms with Crippen molar-refractivity contribution in [2.45, 2.75) is 77.8 Å². The number of hydrogen-bond donors (Lipinski definition) is 1. The Morgan fingerprint density at radius 1 is 0.725 bits per heavy atom. The van der Waals surface area contributed by atoms with Gasteiger partial charge < -0.3 is 5.11 Å². The lowest BCUT2D eigenvalue weighted by molar-refractivity contribution is 0.252. The summed E-state index contributed by atoms with van der Waals surface area (Å²) in [4.78, 5) is 5.58. The van der Waals surface area contributed by atoms with Crippen LogP contribution in [0.15, 0.2) is 96.0 Å². The first kappa shape index (κ1) is 28.6. The van der Waals surface area contributed by atoms with E-state index >= 15 is 0 Å². The molecule has 0 aliphatic carbocycles. The maximum Gasteiger partial charge on any atom is 0.123 e. The van der Waals surface area contributed by atoms with E-state index in [-0.39, 0.29) is 21.4 Å². The SMILES string of the molecule is CC(C)(c1ccccc1)c1cccc(C2(C(C)(C)C)CCP(C(C)(C)C)C2=Nc2ccc3ccccc3c2)c1O. The van der Waals surface area contributed by atoms with Gasteiger partial charge in [0.25, 0.3) is 0 Å². The first-order valence-electron chi connectivity index (χ1n) is 14.5. The van der Waals surface area contributed by atoms with Gasteiger partial charge in [0.2, 0.25) is 0 Å². The Morgan fingerprint density at radius 2 is 1.38 bits per heavy atom. The van der Waals surface area contributed by atoms with Gasteiger partial charge in [-0.3, -0.25) is 4.99 Å². The van der Waals surface area contributed by atoms with Crippen LogP contribution in [0.3, 0.4) is 0 Å². The van der Waals surface area contributed by atoms with Crippen molar-refractivity contribution < 1.29 is 5.11 Å². The van der Waals surface area contributed by atoms with E-state index in [0.717, 1.165) is 29.4 Å². The van der Waals surface area contributed by atoms with Gasteiger partial charge in [-0.1, -0.05) is 142 Å². The molecule has 0 aromatic heterocycles. The predicted octanol–water partition coefficient (Wildman–Crippen LogP) is 10.6. The monoisotopic (exact) mass is 549 g/mol. The second kappa shape index (κ2) is 10.1. The third-order valence-electron chi connectivity index (χ3n) is 9.07. The molecule has 0 amide bonds. The van der Waals surface area contributed by atoms with E-state index in [9.17, 15) is 5.11 Å². The number of hydrogen-bond acceptors (Lipinski definition) is 2. The maximum absolute atomic E-state index is 12.2. The normalized spacial score (nSPS) is 21.3. The summed E-state index contributed by atoms with van der Waals surface area (Å²) >= 11 is 0. The molecule has 40 heavy (non-hydrogen) atoms. The van der Waals surface area contributed by atoms with Gasteiger partial charge in [0.1, 0.15) is 5.75 Å². The lowest BCUT2D eigenvalue weighted by Crippen LogP contribution is -2.44. The molecular formula is C37H44NOP. The largest absolute Gasteiger partial charge is 0.507 e. The lowest BCUT2D eigenvalue weighted by Gasteiger charge is -2.45. The minimum Gasteiger partial charge on any atom is -0.507 e. The number of phenols is 1. The highest BCUT2D eigenvalue weighted by Gasteiger charge is 2.57. The van der Waals surface area contributed by atoms with Crippen LogP contribution < -0.4 is 0 Å². The topological polar surface area (TPSA) is 32.6 Å². The van der Waals surface area contributed by atoms with Gasteiger partial charge in [-0.05, 0) is 51.6 Å². The van der Waals surface area contributed by atoms with Crippen molar-refractivity contribution in [2.75, 3.05) is 6.16 Å². The third-order valence-corrected chi connectivity index (χ3v) is 12.4. The Kier molecular flexibility index (Phi) is 7.25. The molecule has 208 valence electrons. The Balaban J connectivity index is 1.77. The molecule has 0 bridgehead atoms. The van der Waals surface area contributed by atoms with Crippen LogP contribution in [0.2, 0.25) is 0 Å². The molecule has 2 atom stereocenters. The van der Waals surface area contributed by atoms with E-state index in [2.05, 4.69) is 140 Å². The number of para-hydroxylation sites is 1. The van der Waals surface area contributed by atoms with Crippen LogP contribution in [0.1, 0.15) is 78.5 Å². The van der Waals surface area contributed by atoms with Crippen molar-refractivity contribution >= 4 is 29.8 Å². The van der Waals surface area contributed by atoms with Crippen molar-refractivity contribution in [3.63, 3.8) is 0 Å². The maximum atomic E-state index is 12.2. The van der Waals surface area contributed by atoms with Crippen LogP contribution >= 0.6 is 7.92 Å². The van der Waals surface area contributed by atoms with Crippen LogP contribution in [-0.2, 0) is 10.8 Å². The number of nitrogens with zero attached hydrogens (tertiary/aromatic N) is 1. The highest BCUT2D eigenvalue weighted by molar-refractivity contribution is 7.77. The fourth-order valence-electron chi connectivity index (χ4n) is 6.68. The number of phenolic OH excluding ortho intramolecular Hbond substituents is 1. The van der Waals surface area contributed by atoms with Crippen molar-refractivity contribution in [3.05, 3.63) is 108 Å². The van der Waals surface area contributed by atoms with Gasteiger partial charge in [-0.25, -0.2) is 0 Å². The lowest BCUT2D eigenvalue weighted by atomic mass is 9.60. The summed E-state index contributed by atoms with van der Waals surface area (Å²) in [5, 5.41) is 14.8. The van der Waals surface area contributed by atoms with Crippen LogP contribution in [0.5, 0.6) is 5.75 Å².